The Morgan fingerprint density at radius 1 is 1.56 bits per heavy atom. The minimum atomic E-state index is -0.450. The standard InChI is InChI=1S/C13H21N3O2/c1-13(2,3)18-12(17)14-9-6-5-7-11-8-10-15-16(11)4/h5,7-8,10H,6,9H2,1-4H3,(H,14,17). The Balaban J connectivity index is 2.21. The number of carbonyl (C=O) groups excluding carboxylic acids is 1. The van der Waals surface area contributed by atoms with Crippen LogP contribution in [0.4, 0.5) is 4.79 Å². The number of hydrogen-bond acceptors (Lipinski definition) is 3. The maximum absolute atomic E-state index is 11.3. The molecule has 0 atom stereocenters. The quantitative estimate of drug-likeness (QED) is 0.836. The number of hydrogen-bond donors (Lipinski definition) is 1. The maximum Gasteiger partial charge on any atom is 0.407 e. The van der Waals surface area contributed by atoms with Crippen LogP contribution in [0.1, 0.15) is 32.9 Å². The summed E-state index contributed by atoms with van der Waals surface area (Å²) in [7, 11) is 1.89. The Morgan fingerprint density at radius 3 is 2.83 bits per heavy atom. The predicted octanol–water partition coefficient (Wildman–Crippen LogP) is 2.35. The molecular formula is C13H21N3O2. The van der Waals surface area contributed by atoms with Crippen LogP contribution in [0, 0.1) is 0 Å². The molecule has 0 aliphatic rings. The summed E-state index contributed by atoms with van der Waals surface area (Å²) in [6.45, 7) is 6.09. The van der Waals surface area contributed by atoms with E-state index in [9.17, 15) is 4.79 Å². The molecule has 0 aliphatic heterocycles. The molecule has 0 radical (unpaired) electrons. The summed E-state index contributed by atoms with van der Waals surface area (Å²) in [6, 6.07) is 1.93. The number of rotatable bonds is 4. The van der Waals surface area contributed by atoms with E-state index in [-0.39, 0.29) is 6.09 Å². The van der Waals surface area contributed by atoms with Crippen molar-refractivity contribution in [3.05, 3.63) is 24.0 Å². The lowest BCUT2D eigenvalue weighted by atomic mass is 10.2. The van der Waals surface area contributed by atoms with Crippen molar-refractivity contribution in [1.82, 2.24) is 15.1 Å². The van der Waals surface area contributed by atoms with Crippen LogP contribution in [-0.2, 0) is 11.8 Å². The lowest BCUT2D eigenvalue weighted by Crippen LogP contribution is -2.32. The molecule has 0 aromatic carbocycles. The first-order valence-corrected chi connectivity index (χ1v) is 6.00. The Labute approximate surface area is 108 Å². The highest BCUT2D eigenvalue weighted by atomic mass is 16.6. The first-order valence-electron chi connectivity index (χ1n) is 6.00. The van der Waals surface area contributed by atoms with Crippen molar-refractivity contribution in [3.63, 3.8) is 0 Å². The van der Waals surface area contributed by atoms with Gasteiger partial charge in [0.25, 0.3) is 0 Å². The molecule has 0 unspecified atom stereocenters. The number of nitrogens with zero attached hydrogens (tertiary/aromatic N) is 2. The molecule has 1 aromatic heterocycles. The Kier molecular flexibility index (Phi) is 4.95. The van der Waals surface area contributed by atoms with Crippen LogP contribution in [0.5, 0.6) is 0 Å². The molecule has 100 valence electrons. The third kappa shape index (κ3) is 5.52. The third-order valence-electron chi connectivity index (χ3n) is 2.13. The lowest BCUT2D eigenvalue weighted by molar-refractivity contribution is 0.0529. The van der Waals surface area contributed by atoms with Gasteiger partial charge in [0.15, 0.2) is 0 Å². The second-order valence-corrected chi connectivity index (χ2v) is 5.00. The van der Waals surface area contributed by atoms with Crippen molar-refractivity contribution in [1.29, 1.82) is 0 Å². The Morgan fingerprint density at radius 2 is 2.28 bits per heavy atom. The molecule has 1 N–H and O–H groups in total. The first-order chi connectivity index (χ1) is 8.38. The zero-order valence-corrected chi connectivity index (χ0v) is 11.4. The smallest absolute Gasteiger partial charge is 0.407 e. The second kappa shape index (κ2) is 6.23. The van der Waals surface area contributed by atoms with E-state index in [4.69, 9.17) is 4.74 Å². The van der Waals surface area contributed by atoms with E-state index in [0.717, 1.165) is 12.1 Å². The molecule has 0 bridgehead atoms. The van der Waals surface area contributed by atoms with E-state index >= 15 is 0 Å². The van der Waals surface area contributed by atoms with Crippen LogP contribution >= 0.6 is 0 Å². The van der Waals surface area contributed by atoms with Gasteiger partial charge in [-0.1, -0.05) is 6.08 Å². The molecule has 5 nitrogen and oxygen atoms in total. The fourth-order valence-corrected chi connectivity index (χ4v) is 1.32. The van der Waals surface area contributed by atoms with Crippen LogP contribution in [-0.4, -0.2) is 28.0 Å². The number of aryl methyl sites for hydroxylation is 1. The summed E-state index contributed by atoms with van der Waals surface area (Å²) >= 11 is 0. The molecule has 18 heavy (non-hydrogen) atoms. The molecular weight excluding hydrogens is 230 g/mol. The molecule has 1 amide bonds. The number of alkyl carbamates (subject to hydrolysis) is 1. The van der Waals surface area contributed by atoms with Crippen molar-refractivity contribution >= 4 is 12.2 Å². The van der Waals surface area contributed by atoms with Crippen LogP contribution < -0.4 is 5.32 Å². The number of nitrogens with one attached hydrogen (secondary N) is 1. The summed E-state index contributed by atoms with van der Waals surface area (Å²) in [5, 5.41) is 6.76. The van der Waals surface area contributed by atoms with Crippen LogP contribution in [0.2, 0.25) is 0 Å². The van der Waals surface area contributed by atoms with Crippen molar-refractivity contribution < 1.29 is 9.53 Å². The number of ether oxygens (including phenoxy) is 1. The van der Waals surface area contributed by atoms with Gasteiger partial charge >= 0.3 is 6.09 Å². The van der Waals surface area contributed by atoms with Crippen LogP contribution in [0.25, 0.3) is 6.08 Å². The topological polar surface area (TPSA) is 56.2 Å². The van der Waals surface area contributed by atoms with Crippen molar-refractivity contribution in [2.75, 3.05) is 6.54 Å². The highest BCUT2D eigenvalue weighted by Crippen LogP contribution is 2.06. The Bertz CT molecular complexity index is 416. The van der Waals surface area contributed by atoms with Crippen molar-refractivity contribution in [2.45, 2.75) is 32.8 Å². The molecule has 0 fully saturated rings. The van der Waals surface area contributed by atoms with Crippen LogP contribution in [0.3, 0.4) is 0 Å². The fraction of sp³-hybridized carbons (Fsp3) is 0.538. The van der Waals surface area contributed by atoms with E-state index in [0.29, 0.717) is 6.54 Å². The average Bonchev–Trinajstić information content (AvgIpc) is 2.61. The molecule has 0 spiro atoms. The molecule has 0 saturated heterocycles. The molecule has 1 aromatic rings. The van der Waals surface area contributed by atoms with Crippen molar-refractivity contribution in [2.24, 2.45) is 7.05 Å². The van der Waals surface area contributed by atoms with Gasteiger partial charge in [-0.05, 0) is 39.3 Å². The van der Waals surface area contributed by atoms with Gasteiger partial charge in [0.05, 0.1) is 5.69 Å². The summed E-state index contributed by atoms with van der Waals surface area (Å²) in [5.74, 6) is 0. The van der Waals surface area contributed by atoms with Gasteiger partial charge in [0, 0.05) is 19.8 Å². The van der Waals surface area contributed by atoms with E-state index in [2.05, 4.69) is 10.4 Å². The lowest BCUT2D eigenvalue weighted by Gasteiger charge is -2.19. The zero-order valence-electron chi connectivity index (χ0n) is 11.4. The molecule has 1 heterocycles. The largest absolute Gasteiger partial charge is 0.444 e. The Hall–Kier alpha value is -1.78. The zero-order chi connectivity index (χ0) is 13.6. The monoisotopic (exact) mass is 251 g/mol. The van der Waals surface area contributed by atoms with Crippen molar-refractivity contribution in [3.8, 4) is 0 Å². The van der Waals surface area contributed by atoms with Gasteiger partial charge < -0.3 is 10.1 Å². The van der Waals surface area contributed by atoms with Gasteiger partial charge in [-0.3, -0.25) is 4.68 Å². The van der Waals surface area contributed by atoms with Gasteiger partial charge in [-0.2, -0.15) is 5.10 Å². The normalized spacial score (nSPS) is 11.8. The fourth-order valence-electron chi connectivity index (χ4n) is 1.32. The highest BCUT2D eigenvalue weighted by molar-refractivity contribution is 5.67. The van der Waals surface area contributed by atoms with Gasteiger partial charge in [0.1, 0.15) is 5.60 Å². The van der Waals surface area contributed by atoms with E-state index in [1.165, 1.54) is 0 Å². The minimum absolute atomic E-state index is 0.378. The highest BCUT2D eigenvalue weighted by Gasteiger charge is 2.15. The molecule has 5 heteroatoms. The van der Waals surface area contributed by atoms with E-state index in [1.54, 1.807) is 10.9 Å². The van der Waals surface area contributed by atoms with E-state index < -0.39 is 5.60 Å². The number of amides is 1. The van der Waals surface area contributed by atoms with Gasteiger partial charge in [-0.25, -0.2) is 4.79 Å². The summed E-state index contributed by atoms with van der Waals surface area (Å²) < 4.78 is 6.91. The predicted molar refractivity (Wildman–Crippen MR) is 71.1 cm³/mol. The maximum atomic E-state index is 11.3. The second-order valence-electron chi connectivity index (χ2n) is 5.00. The van der Waals surface area contributed by atoms with Gasteiger partial charge in [0.2, 0.25) is 0 Å². The van der Waals surface area contributed by atoms with E-state index in [1.807, 2.05) is 46.0 Å². The number of aromatic nitrogens is 2. The summed E-state index contributed by atoms with van der Waals surface area (Å²) in [5.41, 5.74) is 0.585. The molecule has 1 rings (SSSR count). The summed E-state index contributed by atoms with van der Waals surface area (Å²) in [4.78, 5) is 11.3. The molecule has 0 aliphatic carbocycles. The number of carbonyl (C=O) groups is 1. The molecule has 0 saturated carbocycles. The third-order valence-corrected chi connectivity index (χ3v) is 2.13. The van der Waals surface area contributed by atoms with Crippen LogP contribution in [0.15, 0.2) is 18.3 Å². The first kappa shape index (κ1) is 14.3. The average molecular weight is 251 g/mol. The SMILES string of the molecule is Cn1nccc1C=CCCNC(=O)OC(C)(C)C. The summed E-state index contributed by atoms with van der Waals surface area (Å²) in [6.07, 6.45) is 6.10. The van der Waals surface area contributed by atoms with Gasteiger partial charge in [-0.15, -0.1) is 0 Å². The minimum Gasteiger partial charge on any atom is -0.444 e.